The van der Waals surface area contributed by atoms with E-state index in [1.54, 1.807) is 0 Å². The highest BCUT2D eigenvalue weighted by Crippen LogP contribution is 2.24. The van der Waals surface area contributed by atoms with Crippen LogP contribution in [0.25, 0.3) is 0 Å². The highest BCUT2D eigenvalue weighted by molar-refractivity contribution is 5.67. The number of hydrogen-bond donors (Lipinski definition) is 1. The molecule has 0 saturated heterocycles. The lowest BCUT2D eigenvalue weighted by Crippen LogP contribution is -2.03. The zero-order valence-corrected chi connectivity index (χ0v) is 10.4. The molecular weight excluding hydrogens is 214 g/mol. The third-order valence-corrected chi connectivity index (χ3v) is 2.84. The molecule has 1 N–H and O–H groups in total. The zero-order chi connectivity index (χ0) is 13.0. The standard InChI is InChI=1S/C14H17NO2/c1-9(2)13-7-12(8-15)10(3)6-11(13)4-5-14(16)17/h6-7,9H,4-5H2,1-3H3,(H,16,17). The molecule has 0 radical (unpaired) electrons. The van der Waals surface area contributed by atoms with Gasteiger partial charge in [-0.25, -0.2) is 0 Å². The fourth-order valence-corrected chi connectivity index (χ4v) is 1.90. The molecule has 0 heterocycles. The molecule has 0 saturated carbocycles. The summed E-state index contributed by atoms with van der Waals surface area (Å²) in [6.07, 6.45) is 0.653. The fourth-order valence-electron chi connectivity index (χ4n) is 1.90. The van der Waals surface area contributed by atoms with Gasteiger partial charge in [0.1, 0.15) is 0 Å². The van der Waals surface area contributed by atoms with Crippen LogP contribution >= 0.6 is 0 Å². The Balaban J connectivity index is 3.14. The lowest BCUT2D eigenvalue weighted by Gasteiger charge is -2.14. The van der Waals surface area contributed by atoms with Crippen LogP contribution in [-0.2, 0) is 11.2 Å². The van der Waals surface area contributed by atoms with E-state index in [1.807, 2.05) is 19.1 Å². The van der Waals surface area contributed by atoms with Crippen LogP contribution in [0.3, 0.4) is 0 Å². The number of benzene rings is 1. The number of hydrogen-bond acceptors (Lipinski definition) is 2. The van der Waals surface area contributed by atoms with Crippen molar-refractivity contribution in [2.45, 2.75) is 39.5 Å². The van der Waals surface area contributed by atoms with Crippen molar-refractivity contribution in [3.05, 3.63) is 34.4 Å². The average Bonchev–Trinajstić information content (AvgIpc) is 2.25. The molecule has 90 valence electrons. The Hall–Kier alpha value is -1.82. The van der Waals surface area contributed by atoms with Crippen molar-refractivity contribution in [2.24, 2.45) is 0 Å². The number of carboxylic acid groups (broad SMARTS) is 1. The third-order valence-electron chi connectivity index (χ3n) is 2.84. The molecular formula is C14H17NO2. The van der Waals surface area contributed by atoms with Gasteiger partial charge in [0.25, 0.3) is 0 Å². The molecule has 0 aliphatic rings. The second-order valence-corrected chi connectivity index (χ2v) is 4.53. The molecule has 0 atom stereocenters. The first-order valence-electron chi connectivity index (χ1n) is 5.71. The normalized spacial score (nSPS) is 10.3. The first kappa shape index (κ1) is 13.2. The van der Waals surface area contributed by atoms with Crippen molar-refractivity contribution in [1.82, 2.24) is 0 Å². The molecule has 0 aliphatic carbocycles. The number of nitriles is 1. The number of carbonyl (C=O) groups is 1. The van der Waals surface area contributed by atoms with Crippen molar-refractivity contribution >= 4 is 5.97 Å². The summed E-state index contributed by atoms with van der Waals surface area (Å²) in [6.45, 7) is 5.99. The Morgan fingerprint density at radius 2 is 2.12 bits per heavy atom. The number of aryl methyl sites for hydroxylation is 2. The second kappa shape index (κ2) is 5.49. The van der Waals surface area contributed by atoms with Gasteiger partial charge in [0.15, 0.2) is 0 Å². The summed E-state index contributed by atoms with van der Waals surface area (Å²) in [5.41, 5.74) is 3.71. The van der Waals surface area contributed by atoms with Crippen LogP contribution in [0.5, 0.6) is 0 Å². The maximum atomic E-state index is 10.6. The minimum absolute atomic E-state index is 0.130. The molecule has 3 heteroatoms. The monoisotopic (exact) mass is 231 g/mol. The smallest absolute Gasteiger partial charge is 0.303 e. The predicted molar refractivity (Wildman–Crippen MR) is 65.9 cm³/mol. The molecule has 3 nitrogen and oxygen atoms in total. The van der Waals surface area contributed by atoms with Crippen LogP contribution in [0.2, 0.25) is 0 Å². The van der Waals surface area contributed by atoms with Crippen molar-refractivity contribution < 1.29 is 9.90 Å². The highest BCUT2D eigenvalue weighted by Gasteiger charge is 2.11. The summed E-state index contributed by atoms with van der Waals surface area (Å²) >= 11 is 0. The molecule has 0 bridgehead atoms. The van der Waals surface area contributed by atoms with Gasteiger partial charge in [-0.2, -0.15) is 5.26 Å². The molecule has 0 aliphatic heterocycles. The van der Waals surface area contributed by atoms with Crippen LogP contribution in [0.15, 0.2) is 12.1 Å². The van der Waals surface area contributed by atoms with E-state index in [-0.39, 0.29) is 6.42 Å². The van der Waals surface area contributed by atoms with Crippen LogP contribution in [0.4, 0.5) is 0 Å². The summed E-state index contributed by atoms with van der Waals surface area (Å²) in [5.74, 6) is -0.492. The van der Waals surface area contributed by atoms with Gasteiger partial charge in [-0.1, -0.05) is 19.9 Å². The summed E-state index contributed by atoms with van der Waals surface area (Å²) in [6, 6.07) is 5.99. The number of nitrogens with zero attached hydrogens (tertiary/aromatic N) is 1. The van der Waals surface area contributed by atoms with E-state index in [0.717, 1.165) is 16.7 Å². The SMILES string of the molecule is Cc1cc(CCC(=O)O)c(C(C)C)cc1C#N. The minimum atomic E-state index is -0.790. The molecule has 0 fully saturated rings. The maximum absolute atomic E-state index is 10.6. The molecule has 1 rings (SSSR count). The average molecular weight is 231 g/mol. The van der Waals surface area contributed by atoms with Crippen LogP contribution in [0.1, 0.15) is 48.4 Å². The molecule has 0 unspecified atom stereocenters. The Bertz CT molecular complexity index is 470. The molecule has 1 aromatic rings. The summed E-state index contributed by atoms with van der Waals surface area (Å²) in [5, 5.41) is 17.7. The minimum Gasteiger partial charge on any atom is -0.481 e. The highest BCUT2D eigenvalue weighted by atomic mass is 16.4. The van der Waals surface area contributed by atoms with E-state index in [9.17, 15) is 4.79 Å². The Kier molecular flexibility index (Phi) is 4.28. The van der Waals surface area contributed by atoms with Gasteiger partial charge in [-0.05, 0) is 42.0 Å². The molecule has 1 aromatic carbocycles. The lowest BCUT2D eigenvalue weighted by atomic mass is 9.90. The lowest BCUT2D eigenvalue weighted by molar-refractivity contribution is -0.136. The Morgan fingerprint density at radius 3 is 2.59 bits per heavy atom. The number of carboxylic acids is 1. The number of rotatable bonds is 4. The first-order valence-corrected chi connectivity index (χ1v) is 5.71. The van der Waals surface area contributed by atoms with E-state index in [1.165, 1.54) is 0 Å². The maximum Gasteiger partial charge on any atom is 0.303 e. The quantitative estimate of drug-likeness (QED) is 0.866. The van der Waals surface area contributed by atoms with E-state index in [0.29, 0.717) is 17.9 Å². The van der Waals surface area contributed by atoms with Gasteiger partial charge in [0.05, 0.1) is 11.6 Å². The molecule has 0 spiro atoms. The van der Waals surface area contributed by atoms with Crippen molar-refractivity contribution in [1.29, 1.82) is 5.26 Å². The van der Waals surface area contributed by atoms with Crippen molar-refractivity contribution in [3.63, 3.8) is 0 Å². The molecule has 17 heavy (non-hydrogen) atoms. The zero-order valence-electron chi connectivity index (χ0n) is 10.4. The van der Waals surface area contributed by atoms with Crippen LogP contribution in [-0.4, -0.2) is 11.1 Å². The summed E-state index contributed by atoms with van der Waals surface area (Å²) in [7, 11) is 0. The third kappa shape index (κ3) is 3.32. The van der Waals surface area contributed by atoms with Crippen LogP contribution in [0, 0.1) is 18.3 Å². The van der Waals surface area contributed by atoms with E-state index >= 15 is 0 Å². The second-order valence-electron chi connectivity index (χ2n) is 4.53. The predicted octanol–water partition coefficient (Wildman–Crippen LogP) is 3.01. The number of aliphatic carboxylic acids is 1. The van der Waals surface area contributed by atoms with Crippen molar-refractivity contribution in [2.75, 3.05) is 0 Å². The van der Waals surface area contributed by atoms with Gasteiger partial charge in [0, 0.05) is 6.42 Å². The Morgan fingerprint density at radius 1 is 1.47 bits per heavy atom. The summed E-state index contributed by atoms with van der Waals surface area (Å²) < 4.78 is 0. The van der Waals surface area contributed by atoms with Crippen molar-refractivity contribution in [3.8, 4) is 6.07 Å². The molecule has 0 aromatic heterocycles. The van der Waals surface area contributed by atoms with Gasteiger partial charge in [-0.3, -0.25) is 4.79 Å². The van der Waals surface area contributed by atoms with E-state index in [2.05, 4.69) is 19.9 Å². The van der Waals surface area contributed by atoms with Crippen LogP contribution < -0.4 is 0 Å². The van der Waals surface area contributed by atoms with Gasteiger partial charge in [-0.15, -0.1) is 0 Å². The van der Waals surface area contributed by atoms with E-state index < -0.39 is 5.97 Å². The first-order chi connectivity index (χ1) is 7.95. The summed E-state index contributed by atoms with van der Waals surface area (Å²) in [4.78, 5) is 10.6. The topological polar surface area (TPSA) is 61.1 Å². The largest absolute Gasteiger partial charge is 0.481 e. The van der Waals surface area contributed by atoms with Gasteiger partial charge < -0.3 is 5.11 Å². The Labute approximate surface area is 102 Å². The fraction of sp³-hybridized carbons (Fsp3) is 0.429. The van der Waals surface area contributed by atoms with E-state index in [4.69, 9.17) is 10.4 Å². The van der Waals surface area contributed by atoms with Gasteiger partial charge >= 0.3 is 5.97 Å². The molecule has 0 amide bonds. The van der Waals surface area contributed by atoms with Gasteiger partial charge in [0.2, 0.25) is 0 Å².